The lowest BCUT2D eigenvalue weighted by atomic mass is 10.2. The average Bonchev–Trinajstić information content (AvgIpc) is 2.77. The number of rotatable bonds is 8. The maximum absolute atomic E-state index is 12.1. The highest BCUT2D eigenvalue weighted by Gasteiger charge is 2.06. The Balaban J connectivity index is 1.54. The summed E-state index contributed by atoms with van der Waals surface area (Å²) >= 11 is 0. The zero-order valence-corrected chi connectivity index (χ0v) is 17.5. The Bertz CT molecular complexity index is 935. The largest absolute Gasteiger partial charge is 0.497 e. The third-order valence-corrected chi connectivity index (χ3v) is 4.69. The first kappa shape index (κ1) is 21.0. The summed E-state index contributed by atoms with van der Waals surface area (Å²) in [4.78, 5) is 14.4. The van der Waals surface area contributed by atoms with Crippen molar-refractivity contribution in [3.63, 3.8) is 0 Å². The third-order valence-electron chi connectivity index (χ3n) is 4.69. The molecular weight excluding hydrogens is 378 g/mol. The predicted octanol–water partition coefficient (Wildman–Crippen LogP) is 5.90. The molecule has 0 unspecified atom stereocenters. The van der Waals surface area contributed by atoms with Crippen molar-refractivity contribution in [2.24, 2.45) is 0 Å². The number of amides is 1. The van der Waals surface area contributed by atoms with Crippen LogP contribution in [0.3, 0.4) is 0 Å². The number of nitrogens with zero attached hydrogens (tertiary/aromatic N) is 1. The van der Waals surface area contributed by atoms with Crippen LogP contribution in [-0.4, -0.2) is 26.3 Å². The van der Waals surface area contributed by atoms with Crippen molar-refractivity contribution in [3.8, 4) is 11.5 Å². The standard InChI is InChI=1S/C24H27N3O3/c1-4-27(5-2)21-12-10-19(11-13-21)25-18-6-8-20(9-7-18)26-24(28)30-23-16-14-22(29-3)15-17-23/h6-17,25H,4-5H2,1-3H3,(H,26,28). The van der Waals surface area contributed by atoms with Crippen LogP contribution in [0.25, 0.3) is 0 Å². The van der Waals surface area contributed by atoms with Gasteiger partial charge in [0, 0.05) is 35.8 Å². The zero-order chi connectivity index (χ0) is 21.3. The van der Waals surface area contributed by atoms with Gasteiger partial charge < -0.3 is 19.7 Å². The van der Waals surface area contributed by atoms with Gasteiger partial charge in [-0.05, 0) is 86.6 Å². The molecule has 0 atom stereocenters. The molecule has 1 amide bonds. The summed E-state index contributed by atoms with van der Waals surface area (Å²) in [5.41, 5.74) is 3.79. The lowest BCUT2D eigenvalue weighted by Crippen LogP contribution is -2.21. The van der Waals surface area contributed by atoms with Gasteiger partial charge in [0.2, 0.25) is 0 Å². The zero-order valence-electron chi connectivity index (χ0n) is 17.5. The van der Waals surface area contributed by atoms with Gasteiger partial charge in [-0.2, -0.15) is 0 Å². The van der Waals surface area contributed by atoms with Crippen molar-refractivity contribution >= 4 is 28.8 Å². The van der Waals surface area contributed by atoms with E-state index in [1.54, 1.807) is 31.4 Å². The van der Waals surface area contributed by atoms with Crippen LogP contribution in [0.4, 0.5) is 27.5 Å². The number of carbonyl (C=O) groups is 1. The van der Waals surface area contributed by atoms with Crippen molar-refractivity contribution in [1.82, 2.24) is 0 Å². The number of methoxy groups -OCH3 is 1. The lowest BCUT2D eigenvalue weighted by molar-refractivity contribution is 0.215. The molecule has 6 nitrogen and oxygen atoms in total. The minimum absolute atomic E-state index is 0.444. The van der Waals surface area contributed by atoms with E-state index in [2.05, 4.69) is 53.6 Å². The molecule has 0 spiro atoms. The number of hydrogen-bond acceptors (Lipinski definition) is 5. The van der Waals surface area contributed by atoms with Gasteiger partial charge in [0.1, 0.15) is 11.5 Å². The molecule has 0 saturated carbocycles. The van der Waals surface area contributed by atoms with Crippen LogP contribution in [0.2, 0.25) is 0 Å². The smallest absolute Gasteiger partial charge is 0.417 e. The number of ether oxygens (including phenoxy) is 2. The normalized spacial score (nSPS) is 10.2. The number of benzene rings is 3. The van der Waals surface area contributed by atoms with E-state index in [1.165, 1.54) is 5.69 Å². The molecule has 0 radical (unpaired) electrons. The monoisotopic (exact) mass is 405 g/mol. The highest BCUT2D eigenvalue weighted by Crippen LogP contribution is 2.23. The van der Waals surface area contributed by atoms with Gasteiger partial charge in [-0.3, -0.25) is 5.32 Å². The van der Waals surface area contributed by atoms with Crippen molar-refractivity contribution in [2.45, 2.75) is 13.8 Å². The first-order valence-corrected chi connectivity index (χ1v) is 9.96. The average molecular weight is 405 g/mol. The fraction of sp³-hybridized carbons (Fsp3) is 0.208. The molecule has 156 valence electrons. The van der Waals surface area contributed by atoms with E-state index in [9.17, 15) is 4.79 Å². The van der Waals surface area contributed by atoms with E-state index in [0.29, 0.717) is 17.2 Å². The second-order valence-corrected chi connectivity index (χ2v) is 6.61. The van der Waals surface area contributed by atoms with Gasteiger partial charge in [-0.1, -0.05) is 0 Å². The molecule has 0 aliphatic rings. The Kier molecular flexibility index (Phi) is 7.16. The fourth-order valence-electron chi connectivity index (χ4n) is 3.04. The molecule has 0 heterocycles. The summed E-state index contributed by atoms with van der Waals surface area (Å²) in [5, 5.41) is 6.08. The quantitative estimate of drug-likeness (QED) is 0.489. The van der Waals surface area contributed by atoms with Crippen LogP contribution in [0.1, 0.15) is 13.8 Å². The molecule has 0 fully saturated rings. The number of hydrogen-bond donors (Lipinski definition) is 2. The van der Waals surface area contributed by atoms with Crippen LogP contribution in [-0.2, 0) is 0 Å². The number of carbonyl (C=O) groups excluding carboxylic acids is 1. The summed E-state index contributed by atoms with van der Waals surface area (Å²) in [5.74, 6) is 1.15. The van der Waals surface area contributed by atoms with Gasteiger partial charge in [0.15, 0.2) is 0 Å². The fourth-order valence-corrected chi connectivity index (χ4v) is 3.04. The Morgan fingerprint density at radius 3 is 1.80 bits per heavy atom. The maximum Gasteiger partial charge on any atom is 0.417 e. The molecule has 30 heavy (non-hydrogen) atoms. The predicted molar refractivity (Wildman–Crippen MR) is 122 cm³/mol. The highest BCUT2D eigenvalue weighted by molar-refractivity contribution is 5.86. The van der Waals surface area contributed by atoms with Gasteiger partial charge >= 0.3 is 6.09 Å². The molecule has 0 bridgehead atoms. The van der Waals surface area contributed by atoms with E-state index >= 15 is 0 Å². The van der Waals surface area contributed by atoms with Gasteiger partial charge in [0.25, 0.3) is 0 Å². The van der Waals surface area contributed by atoms with Crippen molar-refractivity contribution in [1.29, 1.82) is 0 Å². The molecule has 0 saturated heterocycles. The van der Waals surface area contributed by atoms with Crippen LogP contribution in [0.5, 0.6) is 11.5 Å². The molecule has 3 aromatic rings. The van der Waals surface area contributed by atoms with Gasteiger partial charge in [0.05, 0.1) is 7.11 Å². The Morgan fingerprint density at radius 1 is 0.767 bits per heavy atom. The molecule has 0 aliphatic carbocycles. The molecule has 3 aromatic carbocycles. The summed E-state index contributed by atoms with van der Waals surface area (Å²) in [7, 11) is 1.59. The van der Waals surface area contributed by atoms with E-state index in [4.69, 9.17) is 9.47 Å². The maximum atomic E-state index is 12.1. The minimum Gasteiger partial charge on any atom is -0.497 e. The Morgan fingerprint density at radius 2 is 1.27 bits per heavy atom. The second-order valence-electron chi connectivity index (χ2n) is 6.61. The van der Waals surface area contributed by atoms with Crippen LogP contribution < -0.4 is 25.0 Å². The minimum atomic E-state index is -0.548. The molecule has 2 N–H and O–H groups in total. The Hall–Kier alpha value is -3.67. The molecule has 0 aliphatic heterocycles. The van der Waals surface area contributed by atoms with Gasteiger partial charge in [-0.15, -0.1) is 0 Å². The van der Waals surface area contributed by atoms with Crippen LogP contribution >= 0.6 is 0 Å². The first-order valence-electron chi connectivity index (χ1n) is 9.96. The summed E-state index contributed by atoms with van der Waals surface area (Å²) in [6.07, 6.45) is -0.548. The van der Waals surface area contributed by atoms with Gasteiger partial charge in [-0.25, -0.2) is 4.79 Å². The number of anilines is 4. The van der Waals surface area contributed by atoms with Crippen LogP contribution in [0.15, 0.2) is 72.8 Å². The summed E-state index contributed by atoms with van der Waals surface area (Å²) < 4.78 is 10.4. The van der Waals surface area contributed by atoms with E-state index < -0.39 is 6.09 Å². The number of nitrogens with one attached hydrogen (secondary N) is 2. The lowest BCUT2D eigenvalue weighted by Gasteiger charge is -2.21. The first-order chi connectivity index (χ1) is 14.6. The molecular formula is C24H27N3O3. The van der Waals surface area contributed by atoms with E-state index in [0.717, 1.165) is 24.5 Å². The summed E-state index contributed by atoms with van der Waals surface area (Å²) in [6.45, 7) is 6.27. The summed E-state index contributed by atoms with van der Waals surface area (Å²) in [6, 6.07) is 22.6. The molecule has 0 aromatic heterocycles. The van der Waals surface area contributed by atoms with Crippen molar-refractivity contribution in [3.05, 3.63) is 72.8 Å². The topological polar surface area (TPSA) is 62.8 Å². The van der Waals surface area contributed by atoms with Crippen molar-refractivity contribution < 1.29 is 14.3 Å². The Labute approximate surface area is 177 Å². The van der Waals surface area contributed by atoms with Crippen LogP contribution in [0, 0.1) is 0 Å². The highest BCUT2D eigenvalue weighted by atomic mass is 16.6. The van der Waals surface area contributed by atoms with E-state index in [1.807, 2.05) is 24.3 Å². The second kappa shape index (κ2) is 10.2. The molecule has 6 heteroatoms. The molecule has 3 rings (SSSR count). The van der Waals surface area contributed by atoms with Crippen molar-refractivity contribution in [2.75, 3.05) is 35.7 Å². The van der Waals surface area contributed by atoms with E-state index in [-0.39, 0.29) is 0 Å². The SMILES string of the molecule is CCN(CC)c1ccc(Nc2ccc(NC(=O)Oc3ccc(OC)cc3)cc2)cc1. The third kappa shape index (κ3) is 5.67.